The van der Waals surface area contributed by atoms with Crippen LogP contribution in [0.25, 0.3) is 0 Å². The first-order valence-electron chi connectivity index (χ1n) is 13.8. The van der Waals surface area contributed by atoms with E-state index >= 15 is 0 Å². The van der Waals surface area contributed by atoms with E-state index in [1.165, 1.54) is 11.1 Å². The Labute approximate surface area is 230 Å². The summed E-state index contributed by atoms with van der Waals surface area (Å²) in [6.45, 7) is 5.05. The number of rotatable bonds is 9. The largest absolute Gasteiger partial charge is 0.493 e. The molecule has 5 rings (SSSR count). The number of carbonyl (C=O) groups is 1. The number of benzene rings is 2. The van der Waals surface area contributed by atoms with Gasteiger partial charge in [-0.1, -0.05) is 55.8 Å². The van der Waals surface area contributed by atoms with Crippen LogP contribution in [0.1, 0.15) is 62.6 Å². The van der Waals surface area contributed by atoms with Gasteiger partial charge in [0.05, 0.1) is 6.61 Å². The first-order chi connectivity index (χ1) is 18.3. The van der Waals surface area contributed by atoms with E-state index in [1.54, 1.807) is 18.3 Å². The molecule has 3 aromatic rings. The second-order valence-corrected chi connectivity index (χ2v) is 11.7. The molecule has 1 fully saturated rings. The molecule has 1 saturated carbocycles. The molecule has 0 radical (unpaired) electrons. The number of pyridine rings is 1. The lowest BCUT2D eigenvalue weighted by Crippen LogP contribution is -2.53. The molecule has 200 valence electrons. The maximum absolute atomic E-state index is 12.6. The number of fused-ring (bicyclic) bond motifs is 2. The van der Waals surface area contributed by atoms with Crippen molar-refractivity contribution in [2.75, 3.05) is 11.9 Å². The Bertz CT molecular complexity index is 1280. The second-order valence-electron chi connectivity index (χ2n) is 11.2. The zero-order valence-corrected chi connectivity index (χ0v) is 23.0. The smallest absolute Gasteiger partial charge is 0.329 e. The van der Waals surface area contributed by atoms with Gasteiger partial charge in [0.15, 0.2) is 0 Å². The summed E-state index contributed by atoms with van der Waals surface area (Å²) in [7, 11) is 0. The fourth-order valence-corrected chi connectivity index (χ4v) is 7.01. The average molecular weight is 533 g/mol. The Hall–Kier alpha value is -3.05. The number of aromatic nitrogens is 1. The third-order valence-electron chi connectivity index (χ3n) is 8.86. The van der Waals surface area contributed by atoms with E-state index in [2.05, 4.69) is 48.4 Å². The molecule has 1 heterocycles. The Morgan fingerprint density at radius 3 is 2.68 bits per heavy atom. The zero-order valence-electron chi connectivity index (χ0n) is 22.3. The second kappa shape index (κ2) is 11.0. The first kappa shape index (κ1) is 26.6. The van der Waals surface area contributed by atoms with Crippen molar-refractivity contribution in [3.63, 3.8) is 0 Å². The molecule has 0 amide bonds. The van der Waals surface area contributed by atoms with Crippen LogP contribution in [0.4, 0.5) is 5.69 Å². The highest BCUT2D eigenvalue weighted by atomic mass is 35.5. The predicted molar refractivity (Wildman–Crippen MR) is 152 cm³/mol. The standard InChI is InChI=1S/C32H37ClN2O3/c1-3-23-20-34-16-11-29(23)38-21-22(2)17-25-18-24-7-4-5-10-28(24)31(25)12-14-32(15-13-31,30(36)37)35-27-9-6-8-26(33)19-27/h4-11,16,19-20,22,25,35H,3,12-15,17-18,21H2,1-2H3,(H,36,37)/t22-,25+,31?,32?/m1/s1. The molecule has 0 aliphatic heterocycles. The fraction of sp³-hybridized carbons (Fsp3) is 0.438. The summed E-state index contributed by atoms with van der Waals surface area (Å²) in [5.41, 5.74) is 3.72. The van der Waals surface area contributed by atoms with Gasteiger partial charge in [0.1, 0.15) is 11.3 Å². The summed E-state index contributed by atoms with van der Waals surface area (Å²) in [4.78, 5) is 16.9. The van der Waals surface area contributed by atoms with Crippen molar-refractivity contribution in [1.29, 1.82) is 0 Å². The molecule has 2 aliphatic rings. The van der Waals surface area contributed by atoms with E-state index < -0.39 is 11.5 Å². The fourth-order valence-electron chi connectivity index (χ4n) is 6.82. The predicted octanol–water partition coefficient (Wildman–Crippen LogP) is 7.32. The van der Waals surface area contributed by atoms with Crippen molar-refractivity contribution >= 4 is 23.3 Å². The Kier molecular flexibility index (Phi) is 7.67. The number of aryl methyl sites for hydroxylation is 1. The zero-order chi connectivity index (χ0) is 26.8. The molecular formula is C32H37ClN2O3. The van der Waals surface area contributed by atoms with Gasteiger partial charge in [0.25, 0.3) is 0 Å². The van der Waals surface area contributed by atoms with Gasteiger partial charge in [-0.2, -0.15) is 0 Å². The van der Waals surface area contributed by atoms with Crippen LogP contribution in [0.3, 0.4) is 0 Å². The molecule has 0 unspecified atom stereocenters. The summed E-state index contributed by atoms with van der Waals surface area (Å²) in [5.74, 6) is 0.968. The number of nitrogens with zero attached hydrogens (tertiary/aromatic N) is 1. The molecule has 2 N–H and O–H groups in total. The molecule has 2 aliphatic carbocycles. The van der Waals surface area contributed by atoms with Gasteiger partial charge in [-0.3, -0.25) is 4.98 Å². The van der Waals surface area contributed by atoms with Gasteiger partial charge < -0.3 is 15.2 Å². The van der Waals surface area contributed by atoms with Gasteiger partial charge in [-0.05, 0) is 97.6 Å². The third kappa shape index (κ3) is 5.13. The van der Waals surface area contributed by atoms with Crippen molar-refractivity contribution in [2.24, 2.45) is 11.8 Å². The monoisotopic (exact) mass is 532 g/mol. The van der Waals surface area contributed by atoms with E-state index in [1.807, 2.05) is 24.4 Å². The van der Waals surface area contributed by atoms with Crippen molar-refractivity contribution in [3.8, 4) is 5.75 Å². The topological polar surface area (TPSA) is 71.5 Å². The number of carboxylic acid groups (broad SMARTS) is 1. The van der Waals surface area contributed by atoms with Crippen LogP contribution in [0.5, 0.6) is 5.75 Å². The van der Waals surface area contributed by atoms with Crippen LogP contribution in [0, 0.1) is 11.8 Å². The summed E-state index contributed by atoms with van der Waals surface area (Å²) in [5, 5.41) is 14.3. The summed E-state index contributed by atoms with van der Waals surface area (Å²) in [6.07, 6.45) is 9.47. The maximum atomic E-state index is 12.6. The highest BCUT2D eigenvalue weighted by Crippen LogP contribution is 2.56. The van der Waals surface area contributed by atoms with Crippen molar-refractivity contribution in [1.82, 2.24) is 4.98 Å². The minimum Gasteiger partial charge on any atom is -0.493 e. The first-order valence-corrected chi connectivity index (χ1v) is 14.1. The van der Waals surface area contributed by atoms with E-state index in [0.717, 1.165) is 49.1 Å². The minimum atomic E-state index is -0.995. The van der Waals surface area contributed by atoms with Crippen LogP contribution in [0.2, 0.25) is 5.02 Å². The lowest BCUT2D eigenvalue weighted by atomic mass is 9.59. The Morgan fingerprint density at radius 1 is 1.16 bits per heavy atom. The molecule has 0 saturated heterocycles. The highest BCUT2D eigenvalue weighted by molar-refractivity contribution is 6.30. The van der Waals surface area contributed by atoms with Crippen LogP contribution in [-0.4, -0.2) is 28.2 Å². The SMILES string of the molecule is CCc1cnccc1OC[C@H](C)C[C@H]1Cc2ccccc2C12CCC(Nc1cccc(Cl)c1)(C(=O)O)CC2. The summed E-state index contributed by atoms with van der Waals surface area (Å²) < 4.78 is 6.26. The highest BCUT2D eigenvalue weighted by Gasteiger charge is 2.54. The molecule has 2 atom stereocenters. The molecule has 0 bridgehead atoms. The summed E-state index contributed by atoms with van der Waals surface area (Å²) >= 11 is 6.19. The van der Waals surface area contributed by atoms with Gasteiger partial charge in [-0.25, -0.2) is 4.79 Å². The van der Waals surface area contributed by atoms with Gasteiger partial charge in [-0.15, -0.1) is 0 Å². The maximum Gasteiger partial charge on any atom is 0.329 e. The van der Waals surface area contributed by atoms with E-state index in [-0.39, 0.29) is 5.41 Å². The van der Waals surface area contributed by atoms with Crippen LogP contribution in [-0.2, 0) is 23.1 Å². The number of aliphatic carboxylic acids is 1. The van der Waals surface area contributed by atoms with Gasteiger partial charge in [0.2, 0.25) is 0 Å². The molecule has 1 spiro atoms. The number of halogens is 1. The lowest BCUT2D eigenvalue weighted by molar-refractivity contribution is -0.144. The van der Waals surface area contributed by atoms with Gasteiger partial charge >= 0.3 is 5.97 Å². The minimum absolute atomic E-state index is 0.00887. The van der Waals surface area contributed by atoms with E-state index in [9.17, 15) is 9.90 Å². The van der Waals surface area contributed by atoms with Crippen LogP contribution < -0.4 is 10.1 Å². The normalized spacial score (nSPS) is 25.1. The van der Waals surface area contributed by atoms with Gasteiger partial charge in [0, 0.05) is 28.7 Å². The average Bonchev–Trinajstić information content (AvgIpc) is 3.21. The molecule has 6 heteroatoms. The number of anilines is 1. The quantitative estimate of drug-likeness (QED) is 0.302. The van der Waals surface area contributed by atoms with Crippen molar-refractivity contribution < 1.29 is 14.6 Å². The Balaban J connectivity index is 1.34. The number of hydrogen-bond donors (Lipinski definition) is 2. The number of carboxylic acids is 1. The third-order valence-corrected chi connectivity index (χ3v) is 9.10. The van der Waals surface area contributed by atoms with Crippen molar-refractivity contribution in [2.45, 2.75) is 69.7 Å². The Morgan fingerprint density at radius 2 is 1.95 bits per heavy atom. The van der Waals surface area contributed by atoms with E-state index in [4.69, 9.17) is 16.3 Å². The van der Waals surface area contributed by atoms with E-state index in [0.29, 0.717) is 36.3 Å². The number of ether oxygens (including phenoxy) is 1. The molecule has 1 aromatic heterocycles. The number of nitrogens with one attached hydrogen (secondary N) is 1. The molecule has 5 nitrogen and oxygen atoms in total. The van der Waals surface area contributed by atoms with Crippen LogP contribution >= 0.6 is 11.6 Å². The number of hydrogen-bond acceptors (Lipinski definition) is 4. The molecule has 38 heavy (non-hydrogen) atoms. The lowest BCUT2D eigenvalue weighted by Gasteiger charge is -2.47. The summed E-state index contributed by atoms with van der Waals surface area (Å²) in [6, 6.07) is 18.1. The van der Waals surface area contributed by atoms with Crippen LogP contribution in [0.15, 0.2) is 67.0 Å². The molecular weight excluding hydrogens is 496 g/mol. The van der Waals surface area contributed by atoms with Crippen molar-refractivity contribution in [3.05, 3.63) is 88.7 Å². The molecule has 2 aromatic carbocycles.